The first kappa shape index (κ1) is 19.9. The van der Waals surface area contributed by atoms with Crippen LogP contribution in [0.15, 0.2) is 53.1 Å². The van der Waals surface area contributed by atoms with Gasteiger partial charge in [-0.15, -0.1) is 0 Å². The topological polar surface area (TPSA) is 77.7 Å². The number of likely N-dealkylation sites (tertiary alicyclic amines) is 1. The number of methoxy groups -OCH3 is 2. The Labute approximate surface area is 175 Å². The van der Waals surface area contributed by atoms with Crippen molar-refractivity contribution in [2.24, 2.45) is 5.92 Å². The van der Waals surface area contributed by atoms with Gasteiger partial charge in [0, 0.05) is 25.1 Å². The lowest BCUT2D eigenvalue weighted by molar-refractivity contribution is 0.0684. The van der Waals surface area contributed by atoms with Crippen molar-refractivity contribution in [1.82, 2.24) is 15.0 Å². The zero-order valence-corrected chi connectivity index (χ0v) is 17.2. The Morgan fingerprint density at radius 1 is 1.07 bits per heavy atom. The van der Waals surface area contributed by atoms with Gasteiger partial charge in [-0.3, -0.25) is 4.79 Å². The molecule has 1 amide bonds. The predicted molar refractivity (Wildman–Crippen MR) is 112 cm³/mol. The summed E-state index contributed by atoms with van der Waals surface area (Å²) in [5.74, 6) is 3.05. The number of piperidine rings is 1. The molecule has 0 saturated carbocycles. The Balaban J connectivity index is 1.34. The lowest BCUT2D eigenvalue weighted by Crippen LogP contribution is -2.39. The Bertz CT molecular complexity index is 992. The van der Waals surface area contributed by atoms with Crippen molar-refractivity contribution in [1.29, 1.82) is 0 Å². The van der Waals surface area contributed by atoms with Crippen molar-refractivity contribution in [3.8, 4) is 22.9 Å². The summed E-state index contributed by atoms with van der Waals surface area (Å²) in [6.07, 6.45) is 2.53. The quantitative estimate of drug-likeness (QED) is 0.618. The summed E-state index contributed by atoms with van der Waals surface area (Å²) in [6, 6.07) is 14.9. The van der Waals surface area contributed by atoms with Gasteiger partial charge < -0.3 is 18.9 Å². The third kappa shape index (κ3) is 4.30. The molecule has 1 aromatic heterocycles. The van der Waals surface area contributed by atoms with Crippen molar-refractivity contribution in [3.63, 3.8) is 0 Å². The lowest BCUT2D eigenvalue weighted by Gasteiger charge is -2.31. The maximum atomic E-state index is 12.8. The molecule has 156 valence electrons. The number of ether oxygens (including phenoxy) is 2. The highest BCUT2D eigenvalue weighted by Gasteiger charge is 2.26. The highest BCUT2D eigenvalue weighted by molar-refractivity contribution is 5.97. The largest absolute Gasteiger partial charge is 0.497 e. The van der Waals surface area contributed by atoms with E-state index in [2.05, 4.69) is 10.1 Å². The van der Waals surface area contributed by atoms with Crippen molar-refractivity contribution in [3.05, 3.63) is 60.0 Å². The van der Waals surface area contributed by atoms with Crippen LogP contribution in [-0.4, -0.2) is 48.3 Å². The van der Waals surface area contributed by atoms with Crippen LogP contribution in [0.3, 0.4) is 0 Å². The first-order chi connectivity index (χ1) is 14.7. The molecule has 2 aromatic carbocycles. The molecule has 0 bridgehead atoms. The highest BCUT2D eigenvalue weighted by atomic mass is 16.5. The molecule has 3 aromatic rings. The van der Waals surface area contributed by atoms with E-state index >= 15 is 0 Å². The Morgan fingerprint density at radius 3 is 2.50 bits per heavy atom. The van der Waals surface area contributed by atoms with E-state index in [9.17, 15) is 4.79 Å². The Kier molecular flexibility index (Phi) is 5.97. The van der Waals surface area contributed by atoms with Crippen LogP contribution in [0.2, 0.25) is 0 Å². The average Bonchev–Trinajstić information content (AvgIpc) is 3.27. The number of benzene rings is 2. The minimum atomic E-state index is 0.0190. The van der Waals surface area contributed by atoms with Crippen molar-refractivity contribution < 1.29 is 18.8 Å². The van der Waals surface area contributed by atoms with Gasteiger partial charge >= 0.3 is 0 Å². The lowest BCUT2D eigenvalue weighted by atomic mass is 9.93. The fourth-order valence-corrected chi connectivity index (χ4v) is 3.77. The van der Waals surface area contributed by atoms with Crippen LogP contribution in [0.25, 0.3) is 11.4 Å². The van der Waals surface area contributed by atoms with E-state index in [1.165, 1.54) is 0 Å². The maximum absolute atomic E-state index is 12.8. The molecule has 7 nitrogen and oxygen atoms in total. The van der Waals surface area contributed by atoms with Gasteiger partial charge in [-0.25, -0.2) is 0 Å². The monoisotopic (exact) mass is 407 g/mol. The summed E-state index contributed by atoms with van der Waals surface area (Å²) < 4.78 is 16.0. The zero-order chi connectivity index (χ0) is 20.9. The van der Waals surface area contributed by atoms with Gasteiger partial charge in [0.1, 0.15) is 11.5 Å². The molecule has 7 heteroatoms. The number of rotatable bonds is 6. The van der Waals surface area contributed by atoms with Crippen LogP contribution in [0, 0.1) is 5.92 Å². The van der Waals surface area contributed by atoms with Gasteiger partial charge in [0.25, 0.3) is 5.91 Å². The smallest absolute Gasteiger partial charge is 0.257 e. The maximum Gasteiger partial charge on any atom is 0.257 e. The third-order valence-corrected chi connectivity index (χ3v) is 5.52. The number of hydrogen-bond acceptors (Lipinski definition) is 6. The summed E-state index contributed by atoms with van der Waals surface area (Å²) in [5.41, 5.74) is 1.50. The molecule has 0 spiro atoms. The van der Waals surface area contributed by atoms with Crippen LogP contribution in [0.5, 0.6) is 11.5 Å². The predicted octanol–water partition coefficient (Wildman–Crippen LogP) is 3.85. The van der Waals surface area contributed by atoms with Gasteiger partial charge in [0.15, 0.2) is 0 Å². The third-order valence-electron chi connectivity index (χ3n) is 5.52. The molecule has 1 fully saturated rings. The summed E-state index contributed by atoms with van der Waals surface area (Å²) in [6.45, 7) is 1.42. The molecule has 0 atom stereocenters. The second kappa shape index (κ2) is 8.98. The first-order valence-electron chi connectivity index (χ1n) is 10.1. The molecule has 30 heavy (non-hydrogen) atoms. The summed E-state index contributed by atoms with van der Waals surface area (Å²) in [7, 11) is 3.22. The molecule has 0 radical (unpaired) electrons. The molecule has 0 aliphatic carbocycles. The van der Waals surface area contributed by atoms with Crippen LogP contribution < -0.4 is 9.47 Å². The Morgan fingerprint density at radius 2 is 1.80 bits per heavy atom. The summed E-state index contributed by atoms with van der Waals surface area (Å²) in [5, 5.41) is 4.10. The van der Waals surface area contributed by atoms with Gasteiger partial charge in [-0.05, 0) is 55.2 Å². The second-order valence-electron chi connectivity index (χ2n) is 7.38. The number of aromatic nitrogens is 2. The molecule has 1 saturated heterocycles. The molecule has 1 aliphatic rings. The van der Waals surface area contributed by atoms with Gasteiger partial charge in [-0.1, -0.05) is 17.3 Å². The van der Waals surface area contributed by atoms with E-state index < -0.39 is 0 Å². The zero-order valence-electron chi connectivity index (χ0n) is 17.2. The van der Waals surface area contributed by atoms with Crippen LogP contribution in [0.4, 0.5) is 0 Å². The van der Waals surface area contributed by atoms with Crippen LogP contribution >= 0.6 is 0 Å². The molecule has 1 aliphatic heterocycles. The minimum Gasteiger partial charge on any atom is -0.497 e. The van der Waals surface area contributed by atoms with E-state index in [-0.39, 0.29) is 5.91 Å². The Hall–Kier alpha value is -3.35. The molecule has 0 unspecified atom stereocenters. The average molecular weight is 407 g/mol. The number of para-hydroxylation sites is 1. The highest BCUT2D eigenvalue weighted by Crippen LogP contribution is 2.26. The van der Waals surface area contributed by atoms with E-state index in [1.807, 2.05) is 53.4 Å². The molecular formula is C23H25N3O4. The number of hydrogen-bond donors (Lipinski definition) is 0. The second-order valence-corrected chi connectivity index (χ2v) is 7.38. The number of carbonyl (C=O) groups excluding carboxylic acids is 1. The van der Waals surface area contributed by atoms with Gasteiger partial charge in [0.05, 0.1) is 19.8 Å². The normalized spacial score (nSPS) is 14.5. The van der Waals surface area contributed by atoms with Crippen molar-refractivity contribution in [2.75, 3.05) is 27.3 Å². The van der Waals surface area contributed by atoms with Crippen LogP contribution in [0.1, 0.15) is 29.1 Å². The van der Waals surface area contributed by atoms with Crippen molar-refractivity contribution in [2.45, 2.75) is 19.3 Å². The fourth-order valence-electron chi connectivity index (χ4n) is 3.77. The van der Waals surface area contributed by atoms with E-state index in [4.69, 9.17) is 14.0 Å². The standard InChI is InChI=1S/C23H25N3O4/c1-28-18-9-7-17(8-10-18)22-24-21(30-25-22)15-16-11-13-26(14-12-16)23(27)19-5-3-4-6-20(19)29-2/h3-10,16H,11-15H2,1-2H3. The summed E-state index contributed by atoms with van der Waals surface area (Å²) in [4.78, 5) is 19.3. The molecule has 0 N–H and O–H groups in total. The summed E-state index contributed by atoms with van der Waals surface area (Å²) >= 11 is 0. The molecule has 2 heterocycles. The molecular weight excluding hydrogens is 382 g/mol. The number of carbonyl (C=O) groups is 1. The van der Waals surface area contributed by atoms with Gasteiger partial charge in [0.2, 0.25) is 11.7 Å². The van der Waals surface area contributed by atoms with Crippen LogP contribution in [-0.2, 0) is 6.42 Å². The van der Waals surface area contributed by atoms with E-state index in [0.29, 0.717) is 42.0 Å². The van der Waals surface area contributed by atoms with E-state index in [1.54, 1.807) is 14.2 Å². The molecule has 4 rings (SSSR count). The number of nitrogens with zero attached hydrogens (tertiary/aromatic N) is 3. The SMILES string of the molecule is COc1ccc(-c2noc(CC3CCN(C(=O)c4ccccc4OC)CC3)n2)cc1. The van der Waals surface area contributed by atoms with E-state index in [0.717, 1.165) is 30.6 Å². The fraction of sp³-hybridized carbons (Fsp3) is 0.348. The number of amides is 1. The first-order valence-corrected chi connectivity index (χ1v) is 10.1. The minimum absolute atomic E-state index is 0.0190. The van der Waals surface area contributed by atoms with Gasteiger partial charge in [-0.2, -0.15) is 4.98 Å². The van der Waals surface area contributed by atoms with Crippen molar-refractivity contribution >= 4 is 5.91 Å².